The Kier molecular flexibility index (Phi) is 7.42. The first-order valence-corrected chi connectivity index (χ1v) is 8.92. The van der Waals surface area contributed by atoms with E-state index in [0.29, 0.717) is 32.2 Å². The van der Waals surface area contributed by atoms with Gasteiger partial charge >= 0.3 is 18.2 Å². The van der Waals surface area contributed by atoms with Crippen LogP contribution in [0.4, 0.5) is 18.0 Å². The van der Waals surface area contributed by atoms with E-state index in [0.717, 1.165) is 18.6 Å². The second kappa shape index (κ2) is 9.40. The molecule has 3 heterocycles. The van der Waals surface area contributed by atoms with E-state index in [1.54, 1.807) is 31.4 Å². The van der Waals surface area contributed by atoms with Crippen LogP contribution >= 0.6 is 0 Å². The molecule has 1 N–H and O–H groups in total. The van der Waals surface area contributed by atoms with Crippen molar-refractivity contribution in [2.24, 2.45) is 5.92 Å². The number of hydrogen-bond acceptors (Lipinski definition) is 5. The third-order valence-electron chi connectivity index (χ3n) is 4.75. The van der Waals surface area contributed by atoms with Gasteiger partial charge in [-0.1, -0.05) is 0 Å². The van der Waals surface area contributed by atoms with Crippen LogP contribution in [0.25, 0.3) is 0 Å². The highest BCUT2D eigenvalue weighted by molar-refractivity contribution is 5.75. The molecule has 2 amide bonds. The number of pyridine rings is 1. The molecular formula is C18H24F3N3O5. The average Bonchev–Trinajstić information content (AvgIpc) is 3.04. The Labute approximate surface area is 166 Å². The van der Waals surface area contributed by atoms with Gasteiger partial charge in [0.05, 0.1) is 26.3 Å². The van der Waals surface area contributed by atoms with E-state index in [4.69, 9.17) is 19.4 Å². The third-order valence-corrected chi connectivity index (χ3v) is 4.75. The quantitative estimate of drug-likeness (QED) is 0.803. The van der Waals surface area contributed by atoms with Gasteiger partial charge in [0.1, 0.15) is 5.60 Å². The van der Waals surface area contributed by atoms with Crippen molar-refractivity contribution < 1.29 is 37.3 Å². The van der Waals surface area contributed by atoms with Gasteiger partial charge in [-0.15, -0.1) is 0 Å². The predicted octanol–water partition coefficient (Wildman–Crippen LogP) is 2.00. The van der Waals surface area contributed by atoms with Gasteiger partial charge in [0.2, 0.25) is 0 Å². The van der Waals surface area contributed by atoms with Gasteiger partial charge in [-0.2, -0.15) is 13.2 Å². The fourth-order valence-electron chi connectivity index (χ4n) is 3.19. The van der Waals surface area contributed by atoms with Crippen LogP contribution in [-0.4, -0.2) is 84.1 Å². The van der Waals surface area contributed by atoms with E-state index in [2.05, 4.69) is 4.98 Å². The number of nitrogens with zero attached hydrogens (tertiary/aromatic N) is 3. The minimum atomic E-state index is -5.08. The molecule has 162 valence electrons. The lowest BCUT2D eigenvalue weighted by Gasteiger charge is -2.50. The molecule has 1 spiro atoms. The van der Waals surface area contributed by atoms with Crippen molar-refractivity contribution in [1.29, 1.82) is 0 Å². The van der Waals surface area contributed by atoms with Crippen LogP contribution in [0.2, 0.25) is 0 Å². The summed E-state index contributed by atoms with van der Waals surface area (Å²) >= 11 is 0. The Morgan fingerprint density at radius 2 is 1.93 bits per heavy atom. The number of halogens is 3. The van der Waals surface area contributed by atoms with E-state index in [-0.39, 0.29) is 11.6 Å². The molecule has 29 heavy (non-hydrogen) atoms. The van der Waals surface area contributed by atoms with E-state index >= 15 is 0 Å². The highest BCUT2D eigenvalue weighted by Gasteiger charge is 2.54. The van der Waals surface area contributed by atoms with Crippen molar-refractivity contribution in [1.82, 2.24) is 14.8 Å². The molecule has 2 saturated heterocycles. The fourth-order valence-corrected chi connectivity index (χ4v) is 3.19. The zero-order chi connectivity index (χ0) is 21.7. The van der Waals surface area contributed by atoms with Crippen LogP contribution in [0.15, 0.2) is 24.5 Å². The number of aliphatic carboxylic acids is 1. The molecule has 0 radical (unpaired) electrons. The normalized spacial score (nSPS) is 19.9. The maximum atomic E-state index is 11.9. The summed E-state index contributed by atoms with van der Waals surface area (Å²) in [7, 11) is 3.55. The van der Waals surface area contributed by atoms with Crippen molar-refractivity contribution in [3.8, 4) is 0 Å². The summed E-state index contributed by atoms with van der Waals surface area (Å²) < 4.78 is 43.5. The maximum absolute atomic E-state index is 11.9. The van der Waals surface area contributed by atoms with Crippen molar-refractivity contribution in [2.75, 3.05) is 40.4 Å². The molecule has 1 aromatic rings. The Balaban J connectivity index is 0.000000370. The molecule has 2 aliphatic heterocycles. The van der Waals surface area contributed by atoms with Gasteiger partial charge < -0.3 is 24.4 Å². The van der Waals surface area contributed by atoms with E-state index in [1.807, 2.05) is 17.0 Å². The Hall–Kier alpha value is -2.40. The van der Waals surface area contributed by atoms with Crippen LogP contribution < -0.4 is 0 Å². The molecule has 0 bridgehead atoms. The second-order valence-electron chi connectivity index (χ2n) is 7.11. The standard InChI is InChI=1S/C16H23N3O3.C2HF3O2/c1-18(2)15(20)19-11-16(12-19)14(5-8-22-16)10-21-9-13-3-6-17-7-4-13;3-2(4,5)1(6)7/h3-4,6-7,14H,5,8-12H2,1-2H3;(H,6,7). The molecule has 11 heteroatoms. The molecule has 2 aliphatic rings. The molecule has 3 rings (SSSR count). The summed E-state index contributed by atoms with van der Waals surface area (Å²) in [6.45, 7) is 3.37. The topological polar surface area (TPSA) is 92.2 Å². The predicted molar refractivity (Wildman–Crippen MR) is 95.0 cm³/mol. The Morgan fingerprint density at radius 1 is 1.34 bits per heavy atom. The maximum Gasteiger partial charge on any atom is 0.490 e. The number of ether oxygens (including phenoxy) is 2. The summed E-state index contributed by atoms with van der Waals surface area (Å²) in [5.74, 6) is -2.40. The fraction of sp³-hybridized carbons (Fsp3) is 0.611. The van der Waals surface area contributed by atoms with Crippen LogP contribution in [0.3, 0.4) is 0 Å². The number of urea groups is 1. The van der Waals surface area contributed by atoms with Gasteiger partial charge in [-0.05, 0) is 24.1 Å². The number of carbonyl (C=O) groups excluding carboxylic acids is 1. The highest BCUT2D eigenvalue weighted by Crippen LogP contribution is 2.40. The first kappa shape index (κ1) is 22.9. The van der Waals surface area contributed by atoms with Gasteiger partial charge in [-0.3, -0.25) is 4.98 Å². The summed E-state index contributed by atoms with van der Waals surface area (Å²) in [5.41, 5.74) is 0.935. The smallest absolute Gasteiger partial charge is 0.475 e. The molecule has 0 saturated carbocycles. The molecule has 0 aliphatic carbocycles. The van der Waals surface area contributed by atoms with Gasteiger partial charge in [0.15, 0.2) is 0 Å². The Morgan fingerprint density at radius 3 is 2.45 bits per heavy atom. The van der Waals surface area contributed by atoms with Crippen molar-refractivity contribution >= 4 is 12.0 Å². The highest BCUT2D eigenvalue weighted by atomic mass is 19.4. The van der Waals surface area contributed by atoms with E-state index in [1.165, 1.54) is 0 Å². The number of carboxylic acid groups (broad SMARTS) is 1. The summed E-state index contributed by atoms with van der Waals surface area (Å²) in [5, 5.41) is 7.12. The summed E-state index contributed by atoms with van der Waals surface area (Å²) in [4.78, 5) is 28.3. The zero-order valence-electron chi connectivity index (χ0n) is 16.2. The molecule has 8 nitrogen and oxygen atoms in total. The summed E-state index contributed by atoms with van der Waals surface area (Å²) in [6.07, 6.45) is -0.536. The lowest BCUT2D eigenvalue weighted by Crippen LogP contribution is -2.67. The van der Waals surface area contributed by atoms with Crippen molar-refractivity contribution in [3.05, 3.63) is 30.1 Å². The van der Waals surface area contributed by atoms with Crippen LogP contribution in [0.5, 0.6) is 0 Å². The van der Waals surface area contributed by atoms with E-state index < -0.39 is 12.1 Å². The number of likely N-dealkylation sites (tertiary alicyclic amines) is 1. The largest absolute Gasteiger partial charge is 0.490 e. The number of carbonyl (C=O) groups is 2. The first-order valence-electron chi connectivity index (χ1n) is 8.92. The monoisotopic (exact) mass is 419 g/mol. The molecule has 1 aromatic heterocycles. The van der Waals surface area contributed by atoms with Gasteiger partial charge in [0.25, 0.3) is 0 Å². The third kappa shape index (κ3) is 6.04. The molecular weight excluding hydrogens is 395 g/mol. The minimum Gasteiger partial charge on any atom is -0.475 e. The summed E-state index contributed by atoms with van der Waals surface area (Å²) in [6, 6.07) is 3.97. The SMILES string of the molecule is CN(C)C(=O)N1CC2(C1)OCCC2COCc1ccncc1.O=C(O)C(F)(F)F. The number of alkyl halides is 3. The Bertz CT molecular complexity index is 694. The van der Waals surface area contributed by atoms with Gasteiger partial charge in [-0.25, -0.2) is 9.59 Å². The van der Waals surface area contributed by atoms with Crippen LogP contribution in [0.1, 0.15) is 12.0 Å². The van der Waals surface area contributed by atoms with Crippen LogP contribution in [-0.2, 0) is 20.9 Å². The van der Waals surface area contributed by atoms with E-state index in [9.17, 15) is 18.0 Å². The number of hydrogen-bond donors (Lipinski definition) is 1. The molecule has 0 aromatic carbocycles. The number of amides is 2. The second-order valence-corrected chi connectivity index (χ2v) is 7.11. The van der Waals surface area contributed by atoms with Crippen LogP contribution in [0, 0.1) is 5.92 Å². The lowest BCUT2D eigenvalue weighted by atomic mass is 9.81. The zero-order valence-corrected chi connectivity index (χ0v) is 16.2. The van der Waals surface area contributed by atoms with Crippen molar-refractivity contribution in [2.45, 2.75) is 24.8 Å². The number of carboxylic acids is 1. The molecule has 2 fully saturated rings. The first-order chi connectivity index (χ1) is 13.5. The lowest BCUT2D eigenvalue weighted by molar-refractivity contribution is -0.192. The number of aromatic nitrogens is 1. The number of rotatable bonds is 4. The minimum absolute atomic E-state index is 0.0533. The van der Waals surface area contributed by atoms with Crippen molar-refractivity contribution in [3.63, 3.8) is 0 Å². The molecule has 1 atom stereocenters. The van der Waals surface area contributed by atoms with Gasteiger partial charge in [0, 0.05) is 39.0 Å². The average molecular weight is 419 g/mol. The molecule has 1 unspecified atom stereocenters.